The number of nitrogens with zero attached hydrogens (tertiary/aromatic N) is 1. The number of amides is 3. The highest BCUT2D eigenvalue weighted by Gasteiger charge is 2.32. The number of nitrogens with one attached hydrogen (secondary N) is 2. The maximum Gasteiger partial charge on any atom is 0.573 e. The van der Waals surface area contributed by atoms with Crippen molar-refractivity contribution in [1.29, 1.82) is 0 Å². The van der Waals surface area contributed by atoms with E-state index in [1.165, 1.54) is 18.2 Å². The summed E-state index contributed by atoms with van der Waals surface area (Å²) in [6.45, 7) is 0.786. The first-order valence-corrected chi connectivity index (χ1v) is 9.54. The molecule has 30 heavy (non-hydrogen) atoms. The molecule has 2 aromatic rings. The molecule has 2 aromatic carbocycles. The molecular weight excluding hydrogens is 399 g/mol. The molecule has 1 heterocycles. The minimum absolute atomic E-state index is 0.0392. The van der Waals surface area contributed by atoms with Crippen LogP contribution in [0, 0.1) is 0 Å². The van der Waals surface area contributed by atoms with Crippen LogP contribution in [0.2, 0.25) is 0 Å². The molecule has 0 aliphatic carbocycles. The van der Waals surface area contributed by atoms with Crippen molar-refractivity contribution in [2.75, 3.05) is 13.1 Å². The van der Waals surface area contributed by atoms with E-state index in [2.05, 4.69) is 15.4 Å². The number of alkyl halides is 3. The maximum atomic E-state index is 12.5. The summed E-state index contributed by atoms with van der Waals surface area (Å²) in [5, 5.41) is 5.59. The number of urea groups is 1. The standard InChI is InChI=1S/C21H22F3N3O3/c22-21(23,24)30-18-9-5-4-8-16(18)14-25-20(29)27-12-10-17(11-13-27)26-19(28)15-6-2-1-3-7-15/h1-9,17H,10-14H2,(H,25,29)(H,26,28). The number of ether oxygens (including phenoxy) is 1. The largest absolute Gasteiger partial charge is 0.573 e. The van der Waals surface area contributed by atoms with Crippen molar-refractivity contribution in [3.63, 3.8) is 0 Å². The fourth-order valence-electron chi connectivity index (χ4n) is 3.24. The zero-order valence-corrected chi connectivity index (χ0v) is 16.1. The zero-order valence-electron chi connectivity index (χ0n) is 16.1. The van der Waals surface area contributed by atoms with Crippen LogP contribution in [-0.2, 0) is 6.54 Å². The fourth-order valence-corrected chi connectivity index (χ4v) is 3.24. The van der Waals surface area contributed by atoms with Gasteiger partial charge in [0, 0.05) is 36.8 Å². The number of rotatable bonds is 5. The normalized spacial score (nSPS) is 14.8. The van der Waals surface area contributed by atoms with Gasteiger partial charge in [0.05, 0.1) is 0 Å². The third kappa shape index (κ3) is 6.13. The van der Waals surface area contributed by atoms with Crippen LogP contribution in [0.4, 0.5) is 18.0 Å². The van der Waals surface area contributed by atoms with E-state index in [0.29, 0.717) is 31.5 Å². The first kappa shape index (κ1) is 21.5. The summed E-state index contributed by atoms with van der Waals surface area (Å²) in [5.41, 5.74) is 0.811. The van der Waals surface area contributed by atoms with E-state index >= 15 is 0 Å². The Balaban J connectivity index is 1.47. The van der Waals surface area contributed by atoms with E-state index in [0.717, 1.165) is 0 Å². The molecule has 2 N–H and O–H groups in total. The number of carbonyl (C=O) groups excluding carboxylic acids is 2. The highest BCUT2D eigenvalue weighted by molar-refractivity contribution is 5.94. The average molecular weight is 421 g/mol. The Morgan fingerprint density at radius 2 is 1.63 bits per heavy atom. The van der Waals surface area contributed by atoms with Gasteiger partial charge in [0.25, 0.3) is 5.91 Å². The lowest BCUT2D eigenvalue weighted by atomic mass is 10.0. The van der Waals surface area contributed by atoms with E-state index in [1.807, 2.05) is 6.07 Å². The summed E-state index contributed by atoms with van der Waals surface area (Å²) >= 11 is 0. The topological polar surface area (TPSA) is 70.7 Å². The molecule has 1 aliphatic rings. The molecule has 0 bridgehead atoms. The third-order valence-corrected chi connectivity index (χ3v) is 4.78. The second kappa shape index (κ2) is 9.51. The number of hydrogen-bond acceptors (Lipinski definition) is 3. The summed E-state index contributed by atoms with van der Waals surface area (Å²) in [6, 6.07) is 14.2. The molecule has 6 nitrogen and oxygen atoms in total. The molecule has 0 radical (unpaired) electrons. The molecular formula is C21H22F3N3O3. The average Bonchev–Trinajstić information content (AvgIpc) is 2.73. The molecule has 1 aliphatic heterocycles. The van der Waals surface area contributed by atoms with Gasteiger partial charge in [-0.05, 0) is 31.0 Å². The number of para-hydroxylation sites is 1. The summed E-state index contributed by atoms with van der Waals surface area (Å²) in [4.78, 5) is 26.2. The van der Waals surface area contributed by atoms with E-state index in [4.69, 9.17) is 0 Å². The Morgan fingerprint density at radius 1 is 1.00 bits per heavy atom. The monoisotopic (exact) mass is 421 g/mol. The van der Waals surface area contributed by atoms with E-state index in [-0.39, 0.29) is 35.8 Å². The Bertz CT molecular complexity index is 867. The molecule has 160 valence electrons. The van der Waals surface area contributed by atoms with Crippen molar-refractivity contribution in [2.24, 2.45) is 0 Å². The van der Waals surface area contributed by atoms with Gasteiger partial charge in [0.15, 0.2) is 0 Å². The van der Waals surface area contributed by atoms with E-state index < -0.39 is 6.36 Å². The van der Waals surface area contributed by atoms with Crippen molar-refractivity contribution in [3.05, 3.63) is 65.7 Å². The van der Waals surface area contributed by atoms with Crippen molar-refractivity contribution < 1.29 is 27.5 Å². The number of piperidine rings is 1. The summed E-state index contributed by atoms with van der Waals surface area (Å²) in [7, 11) is 0. The zero-order chi connectivity index (χ0) is 21.6. The number of benzene rings is 2. The molecule has 3 amide bonds. The third-order valence-electron chi connectivity index (χ3n) is 4.78. The predicted octanol–water partition coefficient (Wildman–Crippen LogP) is 3.69. The molecule has 0 unspecified atom stereocenters. The number of carbonyl (C=O) groups is 2. The Kier molecular flexibility index (Phi) is 6.81. The highest BCUT2D eigenvalue weighted by Crippen LogP contribution is 2.26. The Morgan fingerprint density at radius 3 is 2.30 bits per heavy atom. The first-order valence-electron chi connectivity index (χ1n) is 9.54. The molecule has 0 saturated carbocycles. The van der Waals surface area contributed by atoms with Crippen LogP contribution in [0.25, 0.3) is 0 Å². The molecule has 0 spiro atoms. The Labute approximate surface area is 172 Å². The second-order valence-electron chi connectivity index (χ2n) is 6.92. The number of halogens is 3. The predicted molar refractivity (Wildman–Crippen MR) is 104 cm³/mol. The van der Waals surface area contributed by atoms with Crippen LogP contribution in [-0.4, -0.2) is 42.3 Å². The van der Waals surface area contributed by atoms with Crippen molar-refractivity contribution in [3.8, 4) is 5.75 Å². The fraction of sp³-hybridized carbons (Fsp3) is 0.333. The smallest absolute Gasteiger partial charge is 0.405 e. The number of hydrogen-bond donors (Lipinski definition) is 2. The molecule has 1 saturated heterocycles. The summed E-state index contributed by atoms with van der Waals surface area (Å²) < 4.78 is 41.5. The minimum atomic E-state index is -4.80. The highest BCUT2D eigenvalue weighted by atomic mass is 19.4. The maximum absolute atomic E-state index is 12.5. The lowest BCUT2D eigenvalue weighted by Gasteiger charge is -2.32. The molecule has 9 heteroatoms. The second-order valence-corrected chi connectivity index (χ2v) is 6.92. The molecule has 0 atom stereocenters. The van der Waals surface area contributed by atoms with Gasteiger partial charge in [-0.1, -0.05) is 36.4 Å². The SMILES string of the molecule is O=C(NC1CCN(C(=O)NCc2ccccc2OC(F)(F)F)CC1)c1ccccc1. The van der Waals surface area contributed by atoms with Gasteiger partial charge in [-0.25, -0.2) is 4.79 Å². The lowest BCUT2D eigenvalue weighted by Crippen LogP contribution is -2.49. The van der Waals surface area contributed by atoms with Gasteiger partial charge >= 0.3 is 12.4 Å². The van der Waals surface area contributed by atoms with Gasteiger partial charge in [0.2, 0.25) is 0 Å². The van der Waals surface area contributed by atoms with E-state index in [9.17, 15) is 22.8 Å². The van der Waals surface area contributed by atoms with Crippen LogP contribution in [0.15, 0.2) is 54.6 Å². The van der Waals surface area contributed by atoms with Crippen LogP contribution in [0.1, 0.15) is 28.8 Å². The summed E-state index contributed by atoms with van der Waals surface area (Å²) in [6.07, 6.45) is -3.61. The van der Waals surface area contributed by atoms with Crippen LogP contribution in [0.5, 0.6) is 5.75 Å². The van der Waals surface area contributed by atoms with Gasteiger partial charge in [0.1, 0.15) is 5.75 Å². The van der Waals surface area contributed by atoms with Crippen LogP contribution in [0.3, 0.4) is 0 Å². The quantitative estimate of drug-likeness (QED) is 0.774. The van der Waals surface area contributed by atoms with Crippen LogP contribution >= 0.6 is 0 Å². The van der Waals surface area contributed by atoms with Crippen molar-refractivity contribution in [2.45, 2.75) is 31.8 Å². The summed E-state index contributed by atoms with van der Waals surface area (Å²) in [5.74, 6) is -0.493. The molecule has 0 aromatic heterocycles. The molecule has 3 rings (SSSR count). The minimum Gasteiger partial charge on any atom is -0.405 e. The lowest BCUT2D eigenvalue weighted by molar-refractivity contribution is -0.274. The molecule has 1 fully saturated rings. The van der Waals surface area contributed by atoms with Crippen molar-refractivity contribution in [1.82, 2.24) is 15.5 Å². The van der Waals surface area contributed by atoms with Gasteiger partial charge in [-0.15, -0.1) is 13.2 Å². The van der Waals surface area contributed by atoms with Gasteiger partial charge in [-0.2, -0.15) is 0 Å². The van der Waals surface area contributed by atoms with E-state index in [1.54, 1.807) is 35.2 Å². The number of likely N-dealkylation sites (tertiary alicyclic amines) is 1. The van der Waals surface area contributed by atoms with Crippen molar-refractivity contribution >= 4 is 11.9 Å². The van der Waals surface area contributed by atoms with Gasteiger partial charge in [-0.3, -0.25) is 4.79 Å². The van der Waals surface area contributed by atoms with Crippen LogP contribution < -0.4 is 15.4 Å². The van der Waals surface area contributed by atoms with Gasteiger partial charge < -0.3 is 20.3 Å². The Hall–Kier alpha value is -3.23. The first-order chi connectivity index (χ1) is 14.3.